The molecule has 5 rings (SSSR count). The van der Waals surface area contributed by atoms with Crippen molar-refractivity contribution in [3.63, 3.8) is 0 Å². The van der Waals surface area contributed by atoms with Gasteiger partial charge in [0, 0.05) is 42.5 Å². The molecule has 0 unspecified atom stereocenters. The highest BCUT2D eigenvalue weighted by Crippen LogP contribution is 2.41. The van der Waals surface area contributed by atoms with Crippen molar-refractivity contribution >= 4 is 45.0 Å². The zero-order valence-electron chi connectivity index (χ0n) is 25.6. The number of amides is 2. The fourth-order valence-corrected chi connectivity index (χ4v) is 7.56. The van der Waals surface area contributed by atoms with Crippen molar-refractivity contribution in [3.05, 3.63) is 81.8 Å². The molecule has 238 valence electrons. The van der Waals surface area contributed by atoms with E-state index in [9.17, 15) is 23.5 Å². The number of carbonyl (C=O) groups is 2. The number of aromatic nitrogens is 1. The number of carboxylic acid groups (broad SMARTS) is 1. The predicted octanol–water partition coefficient (Wildman–Crippen LogP) is 8.88. The summed E-state index contributed by atoms with van der Waals surface area (Å²) in [6.07, 6.45) is 2.94. The maximum absolute atomic E-state index is 14.8. The third kappa shape index (κ3) is 7.07. The Morgan fingerprint density at radius 1 is 1.02 bits per heavy atom. The number of methoxy groups -OCH3 is 1. The van der Waals surface area contributed by atoms with Crippen LogP contribution in [0.25, 0.3) is 21.3 Å². The van der Waals surface area contributed by atoms with Gasteiger partial charge in [-0.2, -0.15) is 0 Å². The molecule has 2 amide bonds. The summed E-state index contributed by atoms with van der Waals surface area (Å²) in [6.45, 7) is 6.54. The van der Waals surface area contributed by atoms with Gasteiger partial charge in [0.1, 0.15) is 22.3 Å². The van der Waals surface area contributed by atoms with Crippen molar-refractivity contribution in [2.45, 2.75) is 65.1 Å². The van der Waals surface area contributed by atoms with Crippen LogP contribution < -0.4 is 4.74 Å². The zero-order chi connectivity index (χ0) is 32.5. The van der Waals surface area contributed by atoms with Crippen molar-refractivity contribution in [1.82, 2.24) is 14.8 Å². The van der Waals surface area contributed by atoms with E-state index in [0.29, 0.717) is 38.0 Å². The Hall–Kier alpha value is -3.76. The Morgan fingerprint density at radius 2 is 1.69 bits per heavy atom. The summed E-state index contributed by atoms with van der Waals surface area (Å²) in [5.41, 5.74) is 2.11. The highest BCUT2D eigenvalue weighted by molar-refractivity contribution is 7.21. The molecule has 2 aromatic carbocycles. The normalized spacial score (nSPS) is 16.9. The number of fused-ring (bicyclic) bond motifs is 1. The highest BCUT2D eigenvalue weighted by atomic mass is 35.5. The molecule has 1 fully saturated rings. The van der Waals surface area contributed by atoms with E-state index < -0.39 is 23.6 Å². The molecule has 7 nitrogen and oxygen atoms in total. The molecule has 2 aromatic heterocycles. The molecule has 4 aromatic rings. The lowest BCUT2D eigenvalue weighted by Gasteiger charge is -2.41. The second kappa shape index (κ2) is 13.3. The number of benzene rings is 2. The van der Waals surface area contributed by atoms with Crippen LogP contribution in [0.5, 0.6) is 5.75 Å². The van der Waals surface area contributed by atoms with Crippen molar-refractivity contribution in [2.75, 3.05) is 13.7 Å². The number of halogens is 3. The molecule has 0 aliphatic heterocycles. The number of hydrogen-bond donors (Lipinski definition) is 1. The van der Waals surface area contributed by atoms with Crippen LogP contribution in [0, 0.1) is 17.0 Å². The Kier molecular flexibility index (Phi) is 9.65. The van der Waals surface area contributed by atoms with Gasteiger partial charge in [0.15, 0.2) is 0 Å². The number of nitrogens with zero attached hydrogens (tertiary/aromatic N) is 3. The number of carbonyl (C=O) groups excluding carboxylic acids is 1. The van der Waals surface area contributed by atoms with Gasteiger partial charge in [-0.15, -0.1) is 11.3 Å². The maximum atomic E-state index is 14.8. The largest absolute Gasteiger partial charge is 0.496 e. The van der Waals surface area contributed by atoms with Gasteiger partial charge >= 0.3 is 6.09 Å². The molecule has 0 atom stereocenters. The van der Waals surface area contributed by atoms with Crippen LogP contribution in [0.1, 0.15) is 61.7 Å². The monoisotopic (exact) mass is 655 g/mol. The van der Waals surface area contributed by atoms with E-state index >= 15 is 0 Å². The van der Waals surface area contributed by atoms with E-state index in [1.807, 2.05) is 57.2 Å². The number of hydrogen-bond acceptors (Lipinski definition) is 5. The van der Waals surface area contributed by atoms with Gasteiger partial charge in [0.25, 0.3) is 5.91 Å². The van der Waals surface area contributed by atoms with Crippen LogP contribution in [0.15, 0.2) is 54.7 Å². The lowest BCUT2D eigenvalue weighted by Crippen LogP contribution is -2.49. The van der Waals surface area contributed by atoms with Gasteiger partial charge in [-0.05, 0) is 73.6 Å². The minimum absolute atomic E-state index is 0.0129. The third-order valence-electron chi connectivity index (χ3n) is 8.16. The molecule has 2 heterocycles. The summed E-state index contributed by atoms with van der Waals surface area (Å²) in [5, 5.41) is 9.76. The Bertz CT molecular complexity index is 1700. The summed E-state index contributed by atoms with van der Waals surface area (Å²) in [5.74, 6) is -1.22. The number of ether oxygens (including phenoxy) is 1. The van der Waals surface area contributed by atoms with Crippen molar-refractivity contribution in [3.8, 4) is 17.0 Å². The minimum atomic E-state index is -0.960. The molecule has 11 heteroatoms. The van der Waals surface area contributed by atoms with Crippen LogP contribution in [-0.2, 0) is 6.54 Å². The summed E-state index contributed by atoms with van der Waals surface area (Å²) < 4.78 is 35.2. The smallest absolute Gasteiger partial charge is 0.407 e. The molecule has 0 saturated heterocycles. The lowest BCUT2D eigenvalue weighted by molar-refractivity contribution is 0.0492. The van der Waals surface area contributed by atoms with Crippen LogP contribution in [0.3, 0.4) is 0 Å². The van der Waals surface area contributed by atoms with E-state index in [0.717, 1.165) is 40.3 Å². The molecular formula is C34H36ClF2N3O4S. The molecule has 0 spiro atoms. The molecular weight excluding hydrogens is 620 g/mol. The number of thiophene rings is 1. The number of pyridine rings is 1. The first-order valence-electron chi connectivity index (χ1n) is 14.8. The fourth-order valence-electron chi connectivity index (χ4n) is 6.06. The van der Waals surface area contributed by atoms with Gasteiger partial charge in [-0.3, -0.25) is 9.78 Å². The Labute approximate surface area is 270 Å². The molecule has 1 aliphatic carbocycles. The van der Waals surface area contributed by atoms with Crippen molar-refractivity contribution < 1.29 is 28.2 Å². The van der Waals surface area contributed by atoms with Crippen LogP contribution in [0.2, 0.25) is 5.02 Å². The predicted molar refractivity (Wildman–Crippen MR) is 173 cm³/mol. The average molecular weight is 656 g/mol. The van der Waals surface area contributed by atoms with E-state index in [1.54, 1.807) is 18.2 Å². The summed E-state index contributed by atoms with van der Waals surface area (Å²) in [6, 6.07) is 12.8. The van der Waals surface area contributed by atoms with Crippen molar-refractivity contribution in [1.29, 1.82) is 0 Å². The van der Waals surface area contributed by atoms with E-state index in [1.165, 1.54) is 4.90 Å². The van der Waals surface area contributed by atoms with Gasteiger partial charge in [-0.1, -0.05) is 38.4 Å². The topological polar surface area (TPSA) is 83.0 Å². The summed E-state index contributed by atoms with van der Waals surface area (Å²) >= 11 is 7.43. The Balaban J connectivity index is 1.52. The molecule has 1 aliphatic rings. The van der Waals surface area contributed by atoms with Gasteiger partial charge in [-0.25, -0.2) is 13.6 Å². The molecule has 45 heavy (non-hydrogen) atoms. The minimum Gasteiger partial charge on any atom is -0.496 e. The lowest BCUT2D eigenvalue weighted by atomic mass is 9.87. The van der Waals surface area contributed by atoms with Crippen molar-refractivity contribution in [2.24, 2.45) is 5.41 Å². The first kappa shape index (κ1) is 32.6. The average Bonchev–Trinajstić information content (AvgIpc) is 3.38. The van der Waals surface area contributed by atoms with Gasteiger partial charge in [0.05, 0.1) is 27.9 Å². The quantitative estimate of drug-likeness (QED) is 0.205. The van der Waals surface area contributed by atoms with E-state index in [4.69, 9.17) is 16.3 Å². The highest BCUT2D eigenvalue weighted by Gasteiger charge is 2.36. The van der Waals surface area contributed by atoms with Gasteiger partial charge in [0.2, 0.25) is 0 Å². The number of rotatable bonds is 8. The van der Waals surface area contributed by atoms with Crippen LogP contribution in [0.4, 0.5) is 13.6 Å². The third-order valence-corrected chi connectivity index (χ3v) is 9.83. The first-order valence-corrected chi connectivity index (χ1v) is 16.0. The van der Waals surface area contributed by atoms with Crippen LogP contribution >= 0.6 is 22.9 Å². The second-order valence-corrected chi connectivity index (χ2v) is 14.0. The molecule has 1 N–H and O–H groups in total. The fraction of sp³-hybridized carbons (Fsp3) is 0.382. The van der Waals surface area contributed by atoms with E-state index in [-0.39, 0.29) is 44.0 Å². The SMILES string of the molecule is COc1ccc(-c2ccccn2)cc1CN(C(=O)c1sc2c(F)ccc(F)c2c1Cl)C1CCC(N(CC(C)(C)C)C(=O)O)CC1. The zero-order valence-corrected chi connectivity index (χ0v) is 27.2. The molecule has 0 radical (unpaired) electrons. The standard InChI is InChI=1S/C34H36ClF2N3O4S/c1-34(2,3)19-40(33(42)43)23-11-9-22(10-12-23)39(32(41)31-29(35)28-24(36)13-14-25(37)30(28)45-31)18-21-17-20(8-15-27(21)44-4)26-7-5-6-16-38-26/h5-8,13-17,22-23H,9-12,18-19H2,1-4H3,(H,42,43). The second-order valence-electron chi connectivity index (χ2n) is 12.6. The molecule has 0 bridgehead atoms. The molecule has 1 saturated carbocycles. The first-order chi connectivity index (χ1) is 21.4. The van der Waals surface area contributed by atoms with Gasteiger partial charge < -0.3 is 19.6 Å². The maximum Gasteiger partial charge on any atom is 0.407 e. The van der Waals surface area contributed by atoms with E-state index in [2.05, 4.69) is 4.98 Å². The Morgan fingerprint density at radius 3 is 2.27 bits per heavy atom. The summed E-state index contributed by atoms with van der Waals surface area (Å²) in [4.78, 5) is 34.3. The van der Waals surface area contributed by atoms with Crippen LogP contribution in [-0.4, -0.2) is 57.6 Å². The summed E-state index contributed by atoms with van der Waals surface area (Å²) in [7, 11) is 1.56.